The van der Waals surface area contributed by atoms with Crippen LogP contribution in [0.3, 0.4) is 0 Å². The number of anilines is 1. The van der Waals surface area contributed by atoms with Gasteiger partial charge in [-0.3, -0.25) is 4.79 Å². The van der Waals surface area contributed by atoms with Crippen LogP contribution in [0.15, 0.2) is 18.3 Å². The molecule has 0 saturated carbocycles. The smallest absolute Gasteiger partial charge is 0.237 e. The average molecular weight is 222 g/mol. The van der Waals surface area contributed by atoms with Gasteiger partial charge in [-0.1, -0.05) is 6.07 Å². The van der Waals surface area contributed by atoms with E-state index in [2.05, 4.69) is 4.98 Å². The molecule has 0 saturated heterocycles. The predicted octanol–water partition coefficient (Wildman–Crippen LogP) is 0.240. The third-order valence-electron chi connectivity index (χ3n) is 2.31. The Morgan fingerprint density at radius 3 is 2.75 bits per heavy atom. The maximum Gasteiger partial charge on any atom is 0.237 e. The second-order valence-corrected chi connectivity index (χ2v) is 3.88. The van der Waals surface area contributed by atoms with Crippen LogP contribution in [-0.4, -0.2) is 23.5 Å². The fourth-order valence-electron chi connectivity index (χ4n) is 1.52. The summed E-state index contributed by atoms with van der Waals surface area (Å²) in [7, 11) is 0. The van der Waals surface area contributed by atoms with Crippen molar-refractivity contribution in [1.82, 2.24) is 4.98 Å². The van der Waals surface area contributed by atoms with Crippen molar-refractivity contribution in [3.05, 3.63) is 23.9 Å². The van der Waals surface area contributed by atoms with E-state index in [9.17, 15) is 4.79 Å². The van der Waals surface area contributed by atoms with Crippen molar-refractivity contribution in [2.45, 2.75) is 26.4 Å². The van der Waals surface area contributed by atoms with E-state index in [1.165, 1.54) is 0 Å². The SMILES string of the molecule is CC(C)N(CC(N)=O)c1ncccc1CN. The topological polar surface area (TPSA) is 85.2 Å². The number of nitrogens with two attached hydrogens (primary N) is 2. The lowest BCUT2D eigenvalue weighted by atomic mass is 10.2. The van der Waals surface area contributed by atoms with E-state index in [-0.39, 0.29) is 18.5 Å². The summed E-state index contributed by atoms with van der Waals surface area (Å²) in [6.45, 7) is 4.52. The van der Waals surface area contributed by atoms with E-state index in [1.807, 2.05) is 30.9 Å². The summed E-state index contributed by atoms with van der Waals surface area (Å²) >= 11 is 0. The average Bonchev–Trinajstić information content (AvgIpc) is 2.25. The first-order valence-electron chi connectivity index (χ1n) is 5.25. The molecule has 1 aromatic rings. The zero-order chi connectivity index (χ0) is 12.1. The number of hydrogen-bond acceptors (Lipinski definition) is 4. The number of pyridine rings is 1. The van der Waals surface area contributed by atoms with Crippen molar-refractivity contribution in [3.8, 4) is 0 Å². The molecule has 1 heterocycles. The van der Waals surface area contributed by atoms with Gasteiger partial charge < -0.3 is 16.4 Å². The Kier molecular flexibility index (Phi) is 4.25. The van der Waals surface area contributed by atoms with E-state index >= 15 is 0 Å². The highest BCUT2D eigenvalue weighted by molar-refractivity contribution is 5.79. The molecule has 5 heteroatoms. The lowest BCUT2D eigenvalue weighted by Gasteiger charge is -2.28. The normalized spacial score (nSPS) is 10.5. The van der Waals surface area contributed by atoms with Gasteiger partial charge in [0.15, 0.2) is 0 Å². The van der Waals surface area contributed by atoms with Crippen molar-refractivity contribution >= 4 is 11.7 Å². The maximum absolute atomic E-state index is 11.0. The molecule has 16 heavy (non-hydrogen) atoms. The van der Waals surface area contributed by atoms with E-state index in [1.54, 1.807) is 6.20 Å². The lowest BCUT2D eigenvalue weighted by Crippen LogP contribution is -2.39. The number of carbonyl (C=O) groups is 1. The van der Waals surface area contributed by atoms with E-state index < -0.39 is 0 Å². The molecule has 1 amide bonds. The zero-order valence-corrected chi connectivity index (χ0v) is 9.68. The van der Waals surface area contributed by atoms with Crippen LogP contribution in [0.1, 0.15) is 19.4 Å². The van der Waals surface area contributed by atoms with Gasteiger partial charge in [0.25, 0.3) is 0 Å². The Bertz CT molecular complexity index is 365. The van der Waals surface area contributed by atoms with E-state index in [4.69, 9.17) is 11.5 Å². The summed E-state index contributed by atoms with van der Waals surface area (Å²) in [5.41, 5.74) is 11.8. The van der Waals surface area contributed by atoms with Crippen LogP contribution >= 0.6 is 0 Å². The van der Waals surface area contributed by atoms with E-state index in [0.29, 0.717) is 6.54 Å². The minimum Gasteiger partial charge on any atom is -0.368 e. The summed E-state index contributed by atoms with van der Waals surface area (Å²) in [4.78, 5) is 17.1. The fraction of sp³-hybridized carbons (Fsp3) is 0.455. The van der Waals surface area contributed by atoms with Gasteiger partial charge in [-0.15, -0.1) is 0 Å². The van der Waals surface area contributed by atoms with Crippen LogP contribution in [0.5, 0.6) is 0 Å². The van der Waals surface area contributed by atoms with Crippen molar-refractivity contribution in [2.75, 3.05) is 11.4 Å². The second-order valence-electron chi connectivity index (χ2n) is 3.88. The first kappa shape index (κ1) is 12.4. The Morgan fingerprint density at radius 1 is 1.56 bits per heavy atom. The molecule has 0 aliphatic rings. The quantitative estimate of drug-likeness (QED) is 0.747. The Morgan fingerprint density at radius 2 is 2.25 bits per heavy atom. The van der Waals surface area contributed by atoms with E-state index in [0.717, 1.165) is 11.4 Å². The highest BCUT2D eigenvalue weighted by atomic mass is 16.1. The number of aromatic nitrogens is 1. The van der Waals surface area contributed by atoms with Gasteiger partial charge in [-0.2, -0.15) is 0 Å². The Labute approximate surface area is 95.4 Å². The first-order chi connectivity index (χ1) is 7.56. The number of hydrogen-bond donors (Lipinski definition) is 2. The Balaban J connectivity index is 3.05. The van der Waals surface area contributed by atoms with Gasteiger partial charge in [0.1, 0.15) is 5.82 Å². The molecule has 0 bridgehead atoms. The van der Waals surface area contributed by atoms with Crippen LogP contribution in [0.2, 0.25) is 0 Å². The number of nitrogens with zero attached hydrogens (tertiary/aromatic N) is 2. The molecular formula is C11H18N4O. The molecule has 0 fully saturated rings. The molecular weight excluding hydrogens is 204 g/mol. The minimum absolute atomic E-state index is 0.146. The van der Waals surface area contributed by atoms with Gasteiger partial charge in [0.2, 0.25) is 5.91 Å². The van der Waals surface area contributed by atoms with Crippen LogP contribution in [-0.2, 0) is 11.3 Å². The molecule has 0 spiro atoms. The highest BCUT2D eigenvalue weighted by Crippen LogP contribution is 2.18. The van der Waals surface area contributed by atoms with Crippen LogP contribution in [0.25, 0.3) is 0 Å². The van der Waals surface area contributed by atoms with Crippen molar-refractivity contribution < 1.29 is 4.79 Å². The number of amides is 1. The molecule has 0 aliphatic heterocycles. The fourth-order valence-corrected chi connectivity index (χ4v) is 1.52. The molecule has 1 rings (SSSR count). The molecule has 0 atom stereocenters. The van der Waals surface area contributed by atoms with Crippen molar-refractivity contribution in [3.63, 3.8) is 0 Å². The monoisotopic (exact) mass is 222 g/mol. The first-order valence-corrected chi connectivity index (χ1v) is 5.25. The lowest BCUT2D eigenvalue weighted by molar-refractivity contribution is -0.116. The molecule has 5 nitrogen and oxygen atoms in total. The number of rotatable bonds is 5. The number of carbonyl (C=O) groups excluding carboxylic acids is 1. The summed E-state index contributed by atoms with van der Waals surface area (Å²) in [6.07, 6.45) is 1.69. The van der Waals surface area contributed by atoms with Gasteiger partial charge in [0.05, 0.1) is 6.54 Å². The Hall–Kier alpha value is -1.62. The summed E-state index contributed by atoms with van der Waals surface area (Å²) in [5, 5.41) is 0. The van der Waals surface area contributed by atoms with Crippen LogP contribution in [0, 0.1) is 0 Å². The maximum atomic E-state index is 11.0. The molecule has 0 aliphatic carbocycles. The van der Waals surface area contributed by atoms with Crippen LogP contribution in [0.4, 0.5) is 5.82 Å². The standard InChI is InChI=1S/C11H18N4O/c1-8(2)15(7-10(13)16)11-9(6-12)4-3-5-14-11/h3-5,8H,6-7,12H2,1-2H3,(H2,13,16). The third-order valence-corrected chi connectivity index (χ3v) is 2.31. The predicted molar refractivity (Wildman–Crippen MR) is 63.8 cm³/mol. The highest BCUT2D eigenvalue weighted by Gasteiger charge is 2.16. The summed E-state index contributed by atoms with van der Waals surface area (Å²) in [6, 6.07) is 3.88. The van der Waals surface area contributed by atoms with Crippen molar-refractivity contribution in [1.29, 1.82) is 0 Å². The second kappa shape index (κ2) is 5.46. The molecule has 4 N–H and O–H groups in total. The van der Waals surface area contributed by atoms with Gasteiger partial charge in [-0.25, -0.2) is 4.98 Å². The molecule has 1 aromatic heterocycles. The van der Waals surface area contributed by atoms with Crippen LogP contribution < -0.4 is 16.4 Å². The van der Waals surface area contributed by atoms with Gasteiger partial charge in [0, 0.05) is 24.3 Å². The largest absolute Gasteiger partial charge is 0.368 e. The van der Waals surface area contributed by atoms with Gasteiger partial charge in [-0.05, 0) is 19.9 Å². The summed E-state index contributed by atoms with van der Waals surface area (Å²) in [5.74, 6) is 0.362. The minimum atomic E-state index is -0.373. The molecule has 88 valence electrons. The zero-order valence-electron chi connectivity index (χ0n) is 9.68. The van der Waals surface area contributed by atoms with Crippen molar-refractivity contribution in [2.24, 2.45) is 11.5 Å². The summed E-state index contributed by atoms with van der Waals surface area (Å²) < 4.78 is 0. The van der Waals surface area contributed by atoms with Gasteiger partial charge >= 0.3 is 0 Å². The molecule has 0 aromatic carbocycles. The third kappa shape index (κ3) is 2.93. The molecule has 0 radical (unpaired) electrons. The molecule has 0 unspecified atom stereocenters. The number of primary amides is 1.